The van der Waals surface area contributed by atoms with Crippen molar-refractivity contribution in [3.05, 3.63) is 58.9 Å². The summed E-state index contributed by atoms with van der Waals surface area (Å²) < 4.78 is 46.4. The number of rotatable bonds is 6. The normalized spacial score (nSPS) is 15.2. The summed E-state index contributed by atoms with van der Waals surface area (Å²) in [4.78, 5) is 20.6. The number of urea groups is 1. The van der Waals surface area contributed by atoms with Gasteiger partial charge in [-0.25, -0.2) is 32.9 Å². The van der Waals surface area contributed by atoms with Gasteiger partial charge in [0.1, 0.15) is 23.1 Å². The summed E-state index contributed by atoms with van der Waals surface area (Å²) in [6.45, 7) is 3.74. The number of nitrogens with zero attached hydrogens (tertiary/aromatic N) is 5. The van der Waals surface area contributed by atoms with Crippen molar-refractivity contribution in [2.75, 3.05) is 18.4 Å². The Morgan fingerprint density at radius 1 is 1.18 bits per heavy atom. The van der Waals surface area contributed by atoms with Gasteiger partial charge >= 0.3 is 6.03 Å². The number of carbonyl (C=O) groups is 1. The Labute approximate surface area is 186 Å². The predicted molar refractivity (Wildman–Crippen MR) is 113 cm³/mol. The lowest BCUT2D eigenvalue weighted by Crippen LogP contribution is -2.39. The van der Waals surface area contributed by atoms with Gasteiger partial charge in [0.15, 0.2) is 5.82 Å². The Bertz CT molecular complexity index is 1170. The number of hydrogen-bond donors (Lipinski definition) is 2. The molecule has 33 heavy (non-hydrogen) atoms. The van der Waals surface area contributed by atoms with Gasteiger partial charge in [0, 0.05) is 31.8 Å². The zero-order valence-electron chi connectivity index (χ0n) is 17.8. The maximum atomic E-state index is 14.2. The van der Waals surface area contributed by atoms with E-state index >= 15 is 0 Å². The van der Waals surface area contributed by atoms with Gasteiger partial charge in [-0.3, -0.25) is 0 Å². The van der Waals surface area contributed by atoms with E-state index in [1.165, 1.54) is 18.3 Å². The molecule has 1 aromatic carbocycles. The fourth-order valence-electron chi connectivity index (χ4n) is 3.53. The molecule has 3 aromatic rings. The predicted octanol–water partition coefficient (Wildman–Crippen LogP) is 3.72. The number of nitrogens with one attached hydrogen (secondary N) is 2. The summed E-state index contributed by atoms with van der Waals surface area (Å²) in [5.74, 6) is -1.47. The van der Waals surface area contributed by atoms with E-state index in [9.17, 15) is 18.0 Å². The molecule has 0 saturated heterocycles. The van der Waals surface area contributed by atoms with Crippen LogP contribution in [0.2, 0.25) is 0 Å². The highest BCUT2D eigenvalue weighted by atomic mass is 19.1. The highest BCUT2D eigenvalue weighted by molar-refractivity contribution is 5.78. The molecule has 0 saturated carbocycles. The topological polar surface area (TPSA) is 109 Å². The lowest BCUT2D eigenvalue weighted by atomic mass is 10.0. The minimum Gasteiger partial charge on any atom is -0.361 e. The van der Waals surface area contributed by atoms with Gasteiger partial charge in [0.25, 0.3) is 0 Å². The standard InChI is InChI=1S/C21H20F3N7O2/c1-11-18(12(2)33-30-11)19-16(24)10-27-20(29-19)25-5-6-26-21(32)31-17(3-4-28-31)13-7-14(22)9-15(23)8-13/h4,7-10,17H,3,5-6H2,1-2H3,(H,26,32)(H,25,27,29)/t17-/m0/s1. The van der Waals surface area contributed by atoms with Crippen LogP contribution in [-0.4, -0.2) is 45.5 Å². The first kappa shape index (κ1) is 22.2. The van der Waals surface area contributed by atoms with Crippen LogP contribution in [0.3, 0.4) is 0 Å². The third-order valence-electron chi connectivity index (χ3n) is 5.01. The van der Waals surface area contributed by atoms with Crippen molar-refractivity contribution in [2.24, 2.45) is 5.10 Å². The number of aryl methyl sites for hydroxylation is 2. The number of aromatic nitrogens is 3. The van der Waals surface area contributed by atoms with E-state index in [1.807, 2.05) is 0 Å². The van der Waals surface area contributed by atoms with Gasteiger partial charge in [0.2, 0.25) is 5.95 Å². The second kappa shape index (κ2) is 9.27. The molecule has 0 bridgehead atoms. The molecule has 2 N–H and O–H groups in total. The van der Waals surface area contributed by atoms with Crippen LogP contribution in [0.15, 0.2) is 34.0 Å². The van der Waals surface area contributed by atoms with Crippen LogP contribution in [-0.2, 0) is 0 Å². The summed E-state index contributed by atoms with van der Waals surface area (Å²) in [7, 11) is 0. The van der Waals surface area contributed by atoms with Crippen molar-refractivity contribution in [1.82, 2.24) is 25.5 Å². The van der Waals surface area contributed by atoms with Crippen LogP contribution in [0.25, 0.3) is 11.3 Å². The van der Waals surface area contributed by atoms with Crippen molar-refractivity contribution < 1.29 is 22.5 Å². The van der Waals surface area contributed by atoms with Crippen molar-refractivity contribution in [2.45, 2.75) is 26.3 Å². The molecule has 0 spiro atoms. The lowest BCUT2D eigenvalue weighted by molar-refractivity contribution is 0.186. The molecule has 1 aliphatic heterocycles. The van der Waals surface area contributed by atoms with Gasteiger partial charge in [-0.2, -0.15) is 5.10 Å². The molecule has 2 amide bonds. The van der Waals surface area contributed by atoms with Gasteiger partial charge in [0.05, 0.1) is 23.5 Å². The highest BCUT2D eigenvalue weighted by Gasteiger charge is 2.28. The first-order valence-corrected chi connectivity index (χ1v) is 10.1. The lowest BCUT2D eigenvalue weighted by Gasteiger charge is -2.22. The molecule has 1 atom stereocenters. The molecule has 0 aliphatic carbocycles. The van der Waals surface area contributed by atoms with E-state index in [0.717, 1.165) is 17.3 Å². The second-order valence-electron chi connectivity index (χ2n) is 7.34. The van der Waals surface area contributed by atoms with E-state index in [4.69, 9.17) is 4.52 Å². The van der Waals surface area contributed by atoms with E-state index in [1.54, 1.807) is 13.8 Å². The Morgan fingerprint density at radius 2 is 1.94 bits per heavy atom. The number of benzene rings is 1. The minimum atomic E-state index is -0.725. The Balaban J connectivity index is 1.35. The number of anilines is 1. The van der Waals surface area contributed by atoms with E-state index in [0.29, 0.717) is 29.0 Å². The summed E-state index contributed by atoms with van der Waals surface area (Å²) in [6.07, 6.45) is 2.88. The van der Waals surface area contributed by atoms with Crippen LogP contribution < -0.4 is 10.6 Å². The molecule has 0 fully saturated rings. The summed E-state index contributed by atoms with van der Waals surface area (Å²) in [5.41, 5.74) is 1.33. The molecular formula is C21H20F3N7O2. The van der Waals surface area contributed by atoms with E-state index in [2.05, 4.69) is 30.9 Å². The van der Waals surface area contributed by atoms with Crippen LogP contribution in [0.5, 0.6) is 0 Å². The molecule has 2 aromatic heterocycles. The number of carbonyl (C=O) groups excluding carboxylic acids is 1. The Hall–Kier alpha value is -3.96. The third kappa shape index (κ3) is 4.78. The van der Waals surface area contributed by atoms with Crippen molar-refractivity contribution >= 4 is 18.2 Å². The smallest absolute Gasteiger partial charge is 0.338 e. The maximum absolute atomic E-state index is 14.2. The van der Waals surface area contributed by atoms with E-state index in [-0.39, 0.29) is 24.7 Å². The number of hydrazone groups is 1. The van der Waals surface area contributed by atoms with Gasteiger partial charge in [-0.05, 0) is 31.5 Å². The molecule has 0 unspecified atom stereocenters. The van der Waals surface area contributed by atoms with Crippen molar-refractivity contribution in [3.8, 4) is 11.3 Å². The molecule has 12 heteroatoms. The van der Waals surface area contributed by atoms with Crippen LogP contribution in [0.4, 0.5) is 23.9 Å². The second-order valence-corrected chi connectivity index (χ2v) is 7.34. The zero-order valence-corrected chi connectivity index (χ0v) is 17.8. The molecule has 0 radical (unpaired) electrons. The first-order valence-electron chi connectivity index (χ1n) is 10.1. The quantitative estimate of drug-likeness (QED) is 0.544. The van der Waals surface area contributed by atoms with Gasteiger partial charge in [-0.15, -0.1) is 0 Å². The minimum absolute atomic E-state index is 0.0596. The van der Waals surface area contributed by atoms with E-state index < -0.39 is 29.5 Å². The summed E-state index contributed by atoms with van der Waals surface area (Å²) in [6, 6.07) is 1.97. The van der Waals surface area contributed by atoms with Crippen LogP contribution in [0.1, 0.15) is 29.5 Å². The molecular weight excluding hydrogens is 439 g/mol. The molecule has 1 aliphatic rings. The van der Waals surface area contributed by atoms with Crippen LogP contribution in [0, 0.1) is 31.3 Å². The summed E-state index contributed by atoms with van der Waals surface area (Å²) >= 11 is 0. The zero-order chi connectivity index (χ0) is 23.5. The van der Waals surface area contributed by atoms with Crippen molar-refractivity contribution in [1.29, 1.82) is 0 Å². The Morgan fingerprint density at radius 3 is 2.64 bits per heavy atom. The molecule has 4 rings (SSSR count). The fraction of sp³-hybridized carbons (Fsp3) is 0.286. The average molecular weight is 459 g/mol. The maximum Gasteiger partial charge on any atom is 0.338 e. The molecule has 3 heterocycles. The summed E-state index contributed by atoms with van der Waals surface area (Å²) in [5, 5.41) is 14.5. The van der Waals surface area contributed by atoms with Crippen LogP contribution >= 0.6 is 0 Å². The Kier molecular flexibility index (Phi) is 6.24. The number of amides is 2. The largest absolute Gasteiger partial charge is 0.361 e. The molecule has 172 valence electrons. The van der Waals surface area contributed by atoms with Gasteiger partial charge in [-0.1, -0.05) is 5.16 Å². The third-order valence-corrected chi connectivity index (χ3v) is 5.01. The van der Waals surface area contributed by atoms with Crippen molar-refractivity contribution in [3.63, 3.8) is 0 Å². The number of hydrogen-bond acceptors (Lipinski definition) is 7. The highest BCUT2D eigenvalue weighted by Crippen LogP contribution is 2.29. The average Bonchev–Trinajstić information content (AvgIpc) is 3.38. The fourth-order valence-corrected chi connectivity index (χ4v) is 3.53. The first-order chi connectivity index (χ1) is 15.8. The SMILES string of the molecule is Cc1noc(C)c1-c1nc(NCCNC(=O)N2N=CC[C@H]2c2cc(F)cc(F)c2)ncc1F. The monoisotopic (exact) mass is 459 g/mol. The number of halogens is 3. The molecule has 9 nitrogen and oxygen atoms in total. The van der Waals surface area contributed by atoms with Gasteiger partial charge < -0.3 is 15.2 Å².